The normalized spacial score (nSPS) is 10.6. The molecule has 0 aliphatic heterocycles. The Morgan fingerprint density at radius 3 is 2.59 bits per heavy atom. The summed E-state index contributed by atoms with van der Waals surface area (Å²) in [6, 6.07) is 13.5. The van der Waals surface area contributed by atoms with Crippen molar-refractivity contribution in [3.63, 3.8) is 0 Å². The maximum atomic E-state index is 13.2. The van der Waals surface area contributed by atoms with Gasteiger partial charge in [-0.25, -0.2) is 9.18 Å². The van der Waals surface area contributed by atoms with Crippen molar-refractivity contribution < 1.29 is 9.18 Å². The fourth-order valence-corrected chi connectivity index (χ4v) is 2.74. The monoisotopic (exact) mass is 387 g/mol. The third-order valence-electron chi connectivity index (χ3n) is 3.85. The molecular formula is C19H15ClFN3O3. The number of rotatable bonds is 5. The van der Waals surface area contributed by atoms with Gasteiger partial charge in [0.05, 0.1) is 6.54 Å². The fourth-order valence-electron chi connectivity index (χ4n) is 2.54. The molecule has 0 atom stereocenters. The molecule has 0 aliphatic carbocycles. The van der Waals surface area contributed by atoms with E-state index in [4.69, 9.17) is 11.6 Å². The lowest BCUT2D eigenvalue weighted by Crippen LogP contribution is -2.41. The Balaban J connectivity index is 1.83. The second kappa shape index (κ2) is 8.01. The molecule has 1 N–H and O–H groups in total. The standard InChI is InChI=1S/C19H15ClFN3O3/c20-16-7-2-1-4-13(16)11-23-9-8-18(26)24(19(23)27)12-17(25)22-15-6-3-5-14(21)10-15/h1-10H,11-12H2,(H,22,25). The van der Waals surface area contributed by atoms with Crippen LogP contribution in [0.2, 0.25) is 5.02 Å². The Kier molecular flexibility index (Phi) is 5.52. The second-order valence-corrected chi connectivity index (χ2v) is 6.21. The van der Waals surface area contributed by atoms with Crippen molar-refractivity contribution in [1.82, 2.24) is 9.13 Å². The van der Waals surface area contributed by atoms with Crippen LogP contribution in [0.15, 0.2) is 70.4 Å². The van der Waals surface area contributed by atoms with Crippen LogP contribution in [0.3, 0.4) is 0 Å². The number of anilines is 1. The van der Waals surface area contributed by atoms with E-state index in [1.807, 2.05) is 0 Å². The van der Waals surface area contributed by atoms with Gasteiger partial charge >= 0.3 is 5.69 Å². The van der Waals surface area contributed by atoms with E-state index in [0.29, 0.717) is 10.6 Å². The summed E-state index contributed by atoms with van der Waals surface area (Å²) >= 11 is 6.11. The van der Waals surface area contributed by atoms with Crippen LogP contribution in [0.1, 0.15) is 5.56 Å². The number of benzene rings is 2. The minimum Gasteiger partial charge on any atom is -0.324 e. The Morgan fingerprint density at radius 2 is 1.85 bits per heavy atom. The van der Waals surface area contributed by atoms with Crippen LogP contribution in [0.4, 0.5) is 10.1 Å². The zero-order chi connectivity index (χ0) is 19.4. The molecule has 3 aromatic rings. The first kappa shape index (κ1) is 18.6. The number of aromatic nitrogens is 2. The first-order chi connectivity index (χ1) is 12.9. The summed E-state index contributed by atoms with van der Waals surface area (Å²) in [6.07, 6.45) is 1.36. The lowest BCUT2D eigenvalue weighted by Gasteiger charge is -2.11. The lowest BCUT2D eigenvalue weighted by atomic mass is 10.2. The smallest absolute Gasteiger partial charge is 0.324 e. The average molecular weight is 388 g/mol. The maximum Gasteiger partial charge on any atom is 0.331 e. The van der Waals surface area contributed by atoms with Gasteiger partial charge in [-0.05, 0) is 29.8 Å². The molecule has 0 bridgehead atoms. The minimum absolute atomic E-state index is 0.157. The van der Waals surface area contributed by atoms with Crippen LogP contribution in [-0.2, 0) is 17.9 Å². The summed E-state index contributed by atoms with van der Waals surface area (Å²) in [5.74, 6) is -1.12. The predicted octanol–water partition coefficient (Wildman–Crippen LogP) is 2.49. The summed E-state index contributed by atoms with van der Waals surface area (Å²) in [6.45, 7) is -0.332. The van der Waals surface area contributed by atoms with Crippen LogP contribution in [0.25, 0.3) is 0 Å². The number of halogens is 2. The Labute approximate surface area is 158 Å². The van der Waals surface area contributed by atoms with Crippen LogP contribution in [0.5, 0.6) is 0 Å². The molecule has 2 aromatic carbocycles. The largest absolute Gasteiger partial charge is 0.331 e. The van der Waals surface area contributed by atoms with Crippen LogP contribution < -0.4 is 16.6 Å². The molecule has 0 spiro atoms. The molecule has 0 saturated carbocycles. The summed E-state index contributed by atoms with van der Waals surface area (Å²) in [7, 11) is 0. The van der Waals surface area contributed by atoms with Crippen molar-refractivity contribution >= 4 is 23.2 Å². The van der Waals surface area contributed by atoms with E-state index in [2.05, 4.69) is 5.32 Å². The average Bonchev–Trinajstić information content (AvgIpc) is 2.63. The fraction of sp³-hybridized carbons (Fsp3) is 0.105. The highest BCUT2D eigenvalue weighted by Gasteiger charge is 2.11. The Hall–Kier alpha value is -3.19. The molecule has 6 nitrogen and oxygen atoms in total. The molecular weight excluding hydrogens is 373 g/mol. The van der Waals surface area contributed by atoms with Crippen LogP contribution in [0, 0.1) is 5.82 Å². The van der Waals surface area contributed by atoms with E-state index in [1.165, 1.54) is 35.0 Å². The zero-order valence-corrected chi connectivity index (χ0v) is 14.8. The number of nitrogens with one attached hydrogen (secondary N) is 1. The van der Waals surface area contributed by atoms with Gasteiger partial charge in [0.2, 0.25) is 5.91 Å². The molecule has 0 fully saturated rings. The van der Waals surface area contributed by atoms with Gasteiger partial charge in [-0.1, -0.05) is 35.9 Å². The van der Waals surface area contributed by atoms with E-state index < -0.39 is 29.5 Å². The van der Waals surface area contributed by atoms with Gasteiger partial charge in [-0.2, -0.15) is 0 Å². The van der Waals surface area contributed by atoms with Crippen molar-refractivity contribution in [3.8, 4) is 0 Å². The molecule has 0 saturated heterocycles. The number of nitrogens with zero attached hydrogens (tertiary/aromatic N) is 2. The third-order valence-corrected chi connectivity index (χ3v) is 4.22. The summed E-state index contributed by atoms with van der Waals surface area (Å²) in [5, 5.41) is 2.95. The van der Waals surface area contributed by atoms with Crippen LogP contribution >= 0.6 is 11.6 Å². The number of carbonyl (C=O) groups is 1. The number of carbonyl (C=O) groups excluding carboxylic acids is 1. The molecule has 1 amide bonds. The molecule has 1 aromatic heterocycles. The SMILES string of the molecule is O=C(Cn1c(=O)ccn(Cc2ccccc2Cl)c1=O)Nc1cccc(F)c1. The first-order valence-corrected chi connectivity index (χ1v) is 8.41. The van der Waals surface area contributed by atoms with Gasteiger partial charge in [-0.15, -0.1) is 0 Å². The van der Waals surface area contributed by atoms with Gasteiger partial charge in [0, 0.05) is 23.0 Å². The maximum absolute atomic E-state index is 13.2. The second-order valence-electron chi connectivity index (χ2n) is 5.80. The molecule has 27 heavy (non-hydrogen) atoms. The highest BCUT2D eigenvalue weighted by atomic mass is 35.5. The molecule has 1 heterocycles. The highest BCUT2D eigenvalue weighted by Crippen LogP contribution is 2.15. The highest BCUT2D eigenvalue weighted by molar-refractivity contribution is 6.31. The van der Waals surface area contributed by atoms with Crippen molar-refractivity contribution in [1.29, 1.82) is 0 Å². The molecule has 138 valence electrons. The summed E-state index contributed by atoms with van der Waals surface area (Å²) in [4.78, 5) is 36.8. The first-order valence-electron chi connectivity index (χ1n) is 8.03. The zero-order valence-electron chi connectivity index (χ0n) is 14.1. The topological polar surface area (TPSA) is 73.1 Å². The van der Waals surface area contributed by atoms with E-state index in [0.717, 1.165) is 10.6 Å². The molecule has 3 rings (SSSR count). The summed E-state index contributed by atoms with van der Waals surface area (Å²) < 4.78 is 15.3. The van der Waals surface area contributed by atoms with Crippen molar-refractivity contribution in [2.24, 2.45) is 0 Å². The van der Waals surface area contributed by atoms with Crippen LogP contribution in [-0.4, -0.2) is 15.0 Å². The quantitative estimate of drug-likeness (QED) is 0.731. The van der Waals surface area contributed by atoms with Gasteiger partial charge in [-0.3, -0.25) is 18.7 Å². The summed E-state index contributed by atoms with van der Waals surface area (Å²) in [5.41, 5.74) is -0.308. The van der Waals surface area contributed by atoms with E-state index in [1.54, 1.807) is 24.3 Å². The Morgan fingerprint density at radius 1 is 1.07 bits per heavy atom. The van der Waals surface area contributed by atoms with Gasteiger partial charge in [0.25, 0.3) is 5.56 Å². The Bertz CT molecular complexity index is 1110. The molecule has 0 aliphatic rings. The van der Waals surface area contributed by atoms with Gasteiger partial charge in [0.15, 0.2) is 0 Å². The molecule has 0 radical (unpaired) electrons. The molecule has 0 unspecified atom stereocenters. The van der Waals surface area contributed by atoms with Gasteiger partial charge < -0.3 is 5.32 Å². The van der Waals surface area contributed by atoms with E-state index in [-0.39, 0.29) is 12.2 Å². The lowest BCUT2D eigenvalue weighted by molar-refractivity contribution is -0.116. The minimum atomic E-state index is -0.642. The predicted molar refractivity (Wildman–Crippen MR) is 101 cm³/mol. The molecule has 8 heteroatoms. The number of amides is 1. The van der Waals surface area contributed by atoms with Crippen molar-refractivity contribution in [2.45, 2.75) is 13.1 Å². The third kappa shape index (κ3) is 4.51. The van der Waals surface area contributed by atoms with E-state index >= 15 is 0 Å². The van der Waals surface area contributed by atoms with E-state index in [9.17, 15) is 18.8 Å². The number of hydrogen-bond donors (Lipinski definition) is 1. The van der Waals surface area contributed by atoms with Gasteiger partial charge in [0.1, 0.15) is 12.4 Å². The van der Waals surface area contributed by atoms with Crippen molar-refractivity contribution in [2.75, 3.05) is 5.32 Å². The number of hydrogen-bond acceptors (Lipinski definition) is 3. The van der Waals surface area contributed by atoms with Crippen molar-refractivity contribution in [3.05, 3.63) is 98.0 Å².